The van der Waals surface area contributed by atoms with Crippen LogP contribution in [0.1, 0.15) is 36.0 Å². The monoisotopic (exact) mass is 354 g/mol. The highest BCUT2D eigenvalue weighted by atomic mass is 79.9. The first-order chi connectivity index (χ1) is 6.85. The van der Waals surface area contributed by atoms with Crippen LogP contribution in [0.4, 0.5) is 0 Å². The molecular formula is C10H12Br2O2S. The molecule has 0 bridgehead atoms. The van der Waals surface area contributed by atoms with Crippen molar-refractivity contribution >= 4 is 49.2 Å². The molecule has 0 aliphatic carbocycles. The third kappa shape index (κ3) is 3.57. The van der Waals surface area contributed by atoms with Gasteiger partial charge in [0.05, 0.1) is 0 Å². The molecule has 0 atom stereocenters. The molecule has 0 saturated heterocycles. The SMILES string of the molecule is CC(C)(C)OC(=O)c1scc(Br)c1CBr. The van der Waals surface area contributed by atoms with Gasteiger partial charge in [0.25, 0.3) is 0 Å². The molecule has 0 aliphatic rings. The maximum absolute atomic E-state index is 11.8. The second kappa shape index (κ2) is 4.97. The molecule has 15 heavy (non-hydrogen) atoms. The number of hydrogen-bond donors (Lipinski definition) is 0. The van der Waals surface area contributed by atoms with E-state index in [0.717, 1.165) is 10.0 Å². The smallest absolute Gasteiger partial charge is 0.349 e. The van der Waals surface area contributed by atoms with Gasteiger partial charge in [0.15, 0.2) is 0 Å². The number of thiophene rings is 1. The molecule has 0 N–H and O–H groups in total. The summed E-state index contributed by atoms with van der Waals surface area (Å²) in [4.78, 5) is 12.5. The number of alkyl halides is 1. The zero-order chi connectivity index (χ0) is 11.6. The summed E-state index contributed by atoms with van der Waals surface area (Å²) in [7, 11) is 0. The number of halogens is 2. The summed E-state index contributed by atoms with van der Waals surface area (Å²) in [6, 6.07) is 0. The van der Waals surface area contributed by atoms with Gasteiger partial charge in [-0.2, -0.15) is 0 Å². The highest BCUT2D eigenvalue weighted by Gasteiger charge is 2.22. The minimum atomic E-state index is -0.447. The fraction of sp³-hybridized carbons (Fsp3) is 0.500. The Bertz CT molecular complexity index is 366. The van der Waals surface area contributed by atoms with Crippen LogP contribution in [0.15, 0.2) is 9.85 Å². The van der Waals surface area contributed by atoms with Gasteiger partial charge in [-0.1, -0.05) is 15.9 Å². The van der Waals surface area contributed by atoms with E-state index in [9.17, 15) is 4.79 Å². The van der Waals surface area contributed by atoms with E-state index in [0.29, 0.717) is 10.2 Å². The van der Waals surface area contributed by atoms with Crippen molar-refractivity contribution in [2.75, 3.05) is 0 Å². The zero-order valence-corrected chi connectivity index (χ0v) is 12.8. The lowest BCUT2D eigenvalue weighted by Gasteiger charge is -2.19. The van der Waals surface area contributed by atoms with Gasteiger partial charge in [-0.25, -0.2) is 4.79 Å². The highest BCUT2D eigenvalue weighted by molar-refractivity contribution is 9.10. The fourth-order valence-electron chi connectivity index (χ4n) is 0.982. The fourth-order valence-corrected chi connectivity index (χ4v) is 3.70. The summed E-state index contributed by atoms with van der Waals surface area (Å²) in [6.07, 6.45) is 0. The van der Waals surface area contributed by atoms with Crippen molar-refractivity contribution in [3.05, 3.63) is 20.3 Å². The summed E-state index contributed by atoms with van der Waals surface area (Å²) in [6.45, 7) is 5.59. The van der Waals surface area contributed by atoms with Crippen molar-refractivity contribution in [2.24, 2.45) is 0 Å². The number of rotatable bonds is 2. The minimum Gasteiger partial charge on any atom is -0.456 e. The molecule has 0 aliphatic heterocycles. The summed E-state index contributed by atoms with van der Waals surface area (Å²) in [5.41, 5.74) is 0.506. The molecule has 5 heteroatoms. The molecule has 1 heterocycles. The Kier molecular flexibility index (Phi) is 4.38. The second-order valence-corrected chi connectivity index (χ2v) is 6.32. The van der Waals surface area contributed by atoms with Gasteiger partial charge < -0.3 is 4.74 Å². The van der Waals surface area contributed by atoms with Gasteiger partial charge in [-0.05, 0) is 36.7 Å². The van der Waals surface area contributed by atoms with Crippen molar-refractivity contribution in [3.63, 3.8) is 0 Å². The number of carbonyl (C=O) groups is 1. The standard InChI is InChI=1S/C10H12Br2O2S/c1-10(2,3)14-9(13)8-6(4-11)7(12)5-15-8/h5H,4H2,1-3H3. The Balaban J connectivity index is 2.92. The van der Waals surface area contributed by atoms with Gasteiger partial charge in [0.1, 0.15) is 10.5 Å². The van der Waals surface area contributed by atoms with E-state index < -0.39 is 5.60 Å². The van der Waals surface area contributed by atoms with Gasteiger partial charge in [0.2, 0.25) is 0 Å². The third-order valence-electron chi connectivity index (χ3n) is 1.56. The van der Waals surface area contributed by atoms with Crippen LogP contribution < -0.4 is 0 Å². The van der Waals surface area contributed by atoms with Crippen molar-refractivity contribution in [1.82, 2.24) is 0 Å². The number of hydrogen-bond acceptors (Lipinski definition) is 3. The van der Waals surface area contributed by atoms with E-state index in [-0.39, 0.29) is 5.97 Å². The third-order valence-corrected chi connectivity index (χ3v) is 4.13. The summed E-state index contributed by atoms with van der Waals surface area (Å²) in [5.74, 6) is -0.257. The number of carbonyl (C=O) groups excluding carboxylic acids is 1. The Morgan fingerprint density at radius 1 is 1.53 bits per heavy atom. The van der Waals surface area contributed by atoms with Gasteiger partial charge >= 0.3 is 5.97 Å². The average Bonchev–Trinajstić information content (AvgIpc) is 2.43. The lowest BCUT2D eigenvalue weighted by molar-refractivity contribution is 0.00744. The van der Waals surface area contributed by atoms with E-state index >= 15 is 0 Å². The summed E-state index contributed by atoms with van der Waals surface area (Å²) >= 11 is 8.15. The normalized spacial score (nSPS) is 11.5. The topological polar surface area (TPSA) is 26.3 Å². The zero-order valence-electron chi connectivity index (χ0n) is 8.77. The van der Waals surface area contributed by atoms with E-state index in [1.807, 2.05) is 26.2 Å². The van der Waals surface area contributed by atoms with Crippen LogP contribution >= 0.6 is 43.2 Å². The maximum atomic E-state index is 11.8. The van der Waals surface area contributed by atoms with Crippen LogP contribution in [0.5, 0.6) is 0 Å². The van der Waals surface area contributed by atoms with Crippen LogP contribution in [0.2, 0.25) is 0 Å². The first-order valence-corrected chi connectivity index (χ1v) is 7.19. The summed E-state index contributed by atoms with van der Waals surface area (Å²) < 4.78 is 6.26. The minimum absolute atomic E-state index is 0.257. The Morgan fingerprint density at radius 3 is 2.60 bits per heavy atom. The molecule has 1 rings (SSSR count). The molecule has 0 aromatic carbocycles. The first-order valence-electron chi connectivity index (χ1n) is 4.40. The van der Waals surface area contributed by atoms with Crippen LogP contribution in [-0.4, -0.2) is 11.6 Å². The molecule has 0 spiro atoms. The average molecular weight is 356 g/mol. The molecule has 0 unspecified atom stereocenters. The van der Waals surface area contributed by atoms with Crippen LogP contribution in [0.25, 0.3) is 0 Å². The molecule has 1 aromatic rings. The molecule has 0 radical (unpaired) electrons. The van der Waals surface area contributed by atoms with Gasteiger partial charge in [-0.15, -0.1) is 11.3 Å². The summed E-state index contributed by atoms with van der Waals surface area (Å²) in [5, 5.41) is 2.54. The largest absolute Gasteiger partial charge is 0.456 e. The van der Waals surface area contributed by atoms with Crippen molar-refractivity contribution in [3.8, 4) is 0 Å². The molecule has 1 aromatic heterocycles. The van der Waals surface area contributed by atoms with Crippen LogP contribution in [0, 0.1) is 0 Å². The van der Waals surface area contributed by atoms with Gasteiger partial charge in [-0.3, -0.25) is 0 Å². The molecule has 2 nitrogen and oxygen atoms in total. The van der Waals surface area contributed by atoms with Crippen molar-refractivity contribution in [1.29, 1.82) is 0 Å². The van der Waals surface area contributed by atoms with Crippen molar-refractivity contribution in [2.45, 2.75) is 31.7 Å². The Hall–Kier alpha value is 0.130. The molecule has 0 amide bonds. The molecule has 0 saturated carbocycles. The highest BCUT2D eigenvalue weighted by Crippen LogP contribution is 2.30. The Labute approximate surface area is 110 Å². The van der Waals surface area contributed by atoms with Gasteiger partial charge in [0, 0.05) is 20.7 Å². The van der Waals surface area contributed by atoms with E-state index in [4.69, 9.17) is 4.74 Å². The maximum Gasteiger partial charge on any atom is 0.349 e. The molecular weight excluding hydrogens is 344 g/mol. The van der Waals surface area contributed by atoms with E-state index in [2.05, 4.69) is 31.9 Å². The first kappa shape index (κ1) is 13.2. The molecule has 0 fully saturated rings. The Morgan fingerprint density at radius 2 is 2.13 bits per heavy atom. The van der Waals surface area contributed by atoms with Crippen LogP contribution in [0.3, 0.4) is 0 Å². The predicted octanol–water partition coefficient (Wildman–Crippen LogP) is 4.36. The predicted molar refractivity (Wildman–Crippen MR) is 69.8 cm³/mol. The number of ether oxygens (including phenoxy) is 1. The lowest BCUT2D eigenvalue weighted by Crippen LogP contribution is -2.23. The quantitative estimate of drug-likeness (QED) is 0.582. The van der Waals surface area contributed by atoms with Crippen LogP contribution in [-0.2, 0) is 10.1 Å². The van der Waals surface area contributed by atoms with E-state index in [1.54, 1.807) is 0 Å². The van der Waals surface area contributed by atoms with Crippen molar-refractivity contribution < 1.29 is 9.53 Å². The lowest BCUT2D eigenvalue weighted by atomic mass is 10.2. The second-order valence-electron chi connectivity index (χ2n) is 4.03. The molecule has 84 valence electrons. The number of esters is 1. The van der Waals surface area contributed by atoms with E-state index in [1.165, 1.54) is 11.3 Å².